The normalized spacial score (nSPS) is 11.9. The minimum atomic E-state index is -4.65. The molecule has 0 radical (unpaired) electrons. The summed E-state index contributed by atoms with van der Waals surface area (Å²) in [4.78, 5) is 3.35. The van der Waals surface area contributed by atoms with E-state index >= 15 is 0 Å². The first-order valence-electron chi connectivity index (χ1n) is 5.94. The molecular weight excluding hydrogens is 296 g/mol. The first kappa shape index (κ1) is 14.8. The minimum Gasteiger partial charge on any atom is -0.384 e. The Morgan fingerprint density at radius 3 is 2.60 bits per heavy atom. The first-order valence-corrected chi connectivity index (χ1v) is 6.32. The number of nitrogens with zero attached hydrogens (tertiary/aromatic N) is 1. The predicted molar refractivity (Wildman–Crippen MR) is 70.5 cm³/mol. The van der Waals surface area contributed by atoms with Gasteiger partial charge in [0.05, 0.1) is 5.02 Å². The summed E-state index contributed by atoms with van der Waals surface area (Å²) >= 11 is 5.95. The van der Waals surface area contributed by atoms with Crippen molar-refractivity contribution in [2.24, 2.45) is 0 Å². The monoisotopic (exact) mass is 306 g/mol. The Hall–Kier alpha value is -1.56. The molecule has 0 amide bonds. The van der Waals surface area contributed by atoms with Crippen molar-refractivity contribution in [2.45, 2.75) is 19.5 Å². The zero-order valence-corrected chi connectivity index (χ0v) is 11.2. The molecule has 1 aromatic heterocycles. The number of anilines is 1. The summed E-state index contributed by atoms with van der Waals surface area (Å²) in [6.45, 7) is 2.31. The second-order valence-electron chi connectivity index (χ2n) is 4.23. The Morgan fingerprint density at radius 2 is 2.00 bits per heavy atom. The van der Waals surface area contributed by atoms with Crippen LogP contribution in [0.1, 0.15) is 19.0 Å². The molecule has 0 bridgehead atoms. The Balaban J connectivity index is 2.74. The van der Waals surface area contributed by atoms with E-state index in [4.69, 9.17) is 11.6 Å². The molecule has 1 N–H and O–H groups in total. The van der Waals surface area contributed by atoms with E-state index in [1.807, 2.05) is 6.92 Å². The quantitative estimate of drug-likeness (QED) is 0.818. The molecule has 20 heavy (non-hydrogen) atoms. The molecule has 1 heterocycles. The number of hydrogen-bond acceptors (Lipinski definition) is 2. The van der Waals surface area contributed by atoms with Gasteiger partial charge in [-0.1, -0.05) is 18.5 Å². The lowest BCUT2D eigenvalue weighted by molar-refractivity contribution is -0.140. The Bertz CT molecular complexity index is 640. The van der Waals surface area contributed by atoms with Gasteiger partial charge in [-0.3, -0.25) is 0 Å². The molecule has 0 aliphatic rings. The molecule has 2 nitrogen and oxygen atoms in total. The van der Waals surface area contributed by atoms with Crippen LogP contribution in [-0.4, -0.2) is 11.5 Å². The highest BCUT2D eigenvalue weighted by Crippen LogP contribution is 2.36. The molecule has 0 atom stereocenters. The summed E-state index contributed by atoms with van der Waals surface area (Å²) < 4.78 is 52.1. The zero-order chi connectivity index (χ0) is 14.9. The maximum atomic E-state index is 13.7. The average molecular weight is 307 g/mol. The summed E-state index contributed by atoms with van der Waals surface area (Å²) in [6.07, 6.45) is -3.94. The molecule has 0 aliphatic heterocycles. The highest BCUT2D eigenvalue weighted by molar-refractivity contribution is 6.36. The van der Waals surface area contributed by atoms with Gasteiger partial charge in [-0.2, -0.15) is 13.2 Å². The van der Waals surface area contributed by atoms with Crippen LogP contribution >= 0.6 is 11.6 Å². The third-order valence-electron chi connectivity index (χ3n) is 2.72. The van der Waals surface area contributed by atoms with Gasteiger partial charge in [0.25, 0.3) is 0 Å². The number of halogens is 5. The van der Waals surface area contributed by atoms with Gasteiger partial charge in [0.15, 0.2) is 0 Å². The predicted octanol–water partition coefficient (Wildman–Crippen LogP) is 4.87. The molecule has 0 fully saturated rings. The van der Waals surface area contributed by atoms with Crippen LogP contribution in [0, 0.1) is 5.82 Å². The van der Waals surface area contributed by atoms with Gasteiger partial charge in [0, 0.05) is 17.6 Å². The number of benzene rings is 1. The Morgan fingerprint density at radius 1 is 1.30 bits per heavy atom. The number of rotatable bonds is 3. The van der Waals surface area contributed by atoms with Crippen molar-refractivity contribution >= 4 is 28.2 Å². The maximum absolute atomic E-state index is 13.7. The van der Waals surface area contributed by atoms with Crippen molar-refractivity contribution in [1.82, 2.24) is 4.98 Å². The van der Waals surface area contributed by atoms with Crippen molar-refractivity contribution in [1.29, 1.82) is 0 Å². The summed E-state index contributed by atoms with van der Waals surface area (Å²) in [5.41, 5.74) is -1.40. The van der Waals surface area contributed by atoms with Crippen molar-refractivity contribution in [3.63, 3.8) is 0 Å². The molecule has 2 rings (SSSR count). The van der Waals surface area contributed by atoms with E-state index in [0.29, 0.717) is 13.0 Å². The fourth-order valence-electron chi connectivity index (χ4n) is 1.81. The molecule has 0 aliphatic carbocycles. The molecule has 7 heteroatoms. The van der Waals surface area contributed by atoms with Crippen LogP contribution in [0.15, 0.2) is 18.2 Å². The number of fused-ring (bicyclic) bond motifs is 1. The topological polar surface area (TPSA) is 24.9 Å². The van der Waals surface area contributed by atoms with Crippen LogP contribution in [0.25, 0.3) is 10.9 Å². The second-order valence-corrected chi connectivity index (χ2v) is 4.64. The van der Waals surface area contributed by atoms with E-state index in [1.165, 1.54) is 6.07 Å². The number of pyridine rings is 1. The van der Waals surface area contributed by atoms with Crippen LogP contribution in [0.5, 0.6) is 0 Å². The third-order valence-corrected chi connectivity index (χ3v) is 3.03. The molecule has 1 aromatic carbocycles. The van der Waals surface area contributed by atoms with Crippen LogP contribution in [-0.2, 0) is 6.18 Å². The van der Waals surface area contributed by atoms with Crippen molar-refractivity contribution in [3.05, 3.63) is 34.7 Å². The van der Waals surface area contributed by atoms with Crippen molar-refractivity contribution < 1.29 is 17.6 Å². The standard InChI is InChI=1S/C13H11ClF4N2/c1-2-5-19-9-6-10(13(16,17)18)20-12-8(15)4-3-7(14)11(9)12/h3-4,6H,2,5H2,1H3,(H,19,20). The van der Waals surface area contributed by atoms with Crippen molar-refractivity contribution in [2.75, 3.05) is 11.9 Å². The minimum absolute atomic E-state index is 0.133. The number of nitrogens with one attached hydrogen (secondary N) is 1. The SMILES string of the molecule is CCCNc1cc(C(F)(F)F)nc2c(F)ccc(Cl)c12. The number of aromatic nitrogens is 1. The van der Waals surface area contributed by atoms with Gasteiger partial charge in [0.2, 0.25) is 0 Å². The lowest BCUT2D eigenvalue weighted by atomic mass is 10.1. The largest absolute Gasteiger partial charge is 0.433 e. The van der Waals surface area contributed by atoms with E-state index in [9.17, 15) is 17.6 Å². The van der Waals surface area contributed by atoms with Gasteiger partial charge in [-0.15, -0.1) is 0 Å². The maximum Gasteiger partial charge on any atom is 0.433 e. The summed E-state index contributed by atoms with van der Waals surface area (Å²) in [5.74, 6) is -0.838. The van der Waals surface area contributed by atoms with E-state index < -0.39 is 17.7 Å². The number of alkyl halides is 3. The molecule has 2 aromatic rings. The van der Waals surface area contributed by atoms with Gasteiger partial charge < -0.3 is 5.32 Å². The van der Waals surface area contributed by atoms with Crippen LogP contribution in [0.2, 0.25) is 5.02 Å². The fourth-order valence-corrected chi connectivity index (χ4v) is 2.07. The average Bonchev–Trinajstić information content (AvgIpc) is 2.39. The first-order chi connectivity index (χ1) is 9.34. The van der Waals surface area contributed by atoms with E-state index in [2.05, 4.69) is 10.3 Å². The van der Waals surface area contributed by atoms with Crippen molar-refractivity contribution in [3.8, 4) is 0 Å². The second kappa shape index (κ2) is 5.44. The molecule has 0 saturated carbocycles. The summed E-state index contributed by atoms with van der Waals surface area (Å²) in [7, 11) is 0. The molecular formula is C13H11ClF4N2. The van der Waals surface area contributed by atoms with Gasteiger partial charge in [-0.05, 0) is 24.6 Å². The fraction of sp³-hybridized carbons (Fsp3) is 0.308. The third kappa shape index (κ3) is 2.80. The molecule has 0 spiro atoms. The molecule has 108 valence electrons. The van der Waals surface area contributed by atoms with E-state index in [1.54, 1.807) is 0 Å². The number of hydrogen-bond donors (Lipinski definition) is 1. The van der Waals surface area contributed by atoms with Gasteiger partial charge in [0.1, 0.15) is 17.0 Å². The lowest BCUT2D eigenvalue weighted by Gasteiger charge is -2.14. The lowest BCUT2D eigenvalue weighted by Crippen LogP contribution is -2.11. The summed E-state index contributed by atoms with van der Waals surface area (Å²) in [5, 5.41) is 3.14. The molecule has 0 unspecified atom stereocenters. The van der Waals surface area contributed by atoms with Crippen LogP contribution in [0.3, 0.4) is 0 Å². The zero-order valence-electron chi connectivity index (χ0n) is 10.5. The smallest absolute Gasteiger partial charge is 0.384 e. The van der Waals surface area contributed by atoms with Crippen LogP contribution < -0.4 is 5.32 Å². The Labute approximate surface area is 117 Å². The van der Waals surface area contributed by atoms with Gasteiger partial charge >= 0.3 is 6.18 Å². The van der Waals surface area contributed by atoms with Crippen LogP contribution in [0.4, 0.5) is 23.2 Å². The van der Waals surface area contributed by atoms with Gasteiger partial charge in [-0.25, -0.2) is 9.37 Å². The Kier molecular flexibility index (Phi) is 4.04. The highest BCUT2D eigenvalue weighted by atomic mass is 35.5. The highest BCUT2D eigenvalue weighted by Gasteiger charge is 2.34. The molecule has 0 saturated heterocycles. The van der Waals surface area contributed by atoms with E-state index in [-0.39, 0.29) is 21.6 Å². The summed E-state index contributed by atoms with van der Waals surface area (Å²) in [6, 6.07) is 3.15. The van der Waals surface area contributed by atoms with E-state index in [0.717, 1.165) is 12.1 Å².